The van der Waals surface area contributed by atoms with Crippen molar-refractivity contribution < 1.29 is 80.2 Å². The van der Waals surface area contributed by atoms with Gasteiger partial charge in [-0.15, -0.1) is 0 Å². The van der Waals surface area contributed by atoms with Crippen LogP contribution in [0, 0.1) is 11.8 Å². The van der Waals surface area contributed by atoms with Gasteiger partial charge in [0.25, 0.3) is 0 Å². The van der Waals surface area contributed by atoms with Crippen molar-refractivity contribution >= 4 is 39.5 Å². The zero-order chi connectivity index (χ0) is 75.6. The van der Waals surface area contributed by atoms with E-state index in [4.69, 9.17) is 37.0 Å². The van der Waals surface area contributed by atoms with Gasteiger partial charge in [0.15, 0.2) is 12.2 Å². The van der Waals surface area contributed by atoms with Gasteiger partial charge in [0.1, 0.15) is 19.3 Å². The third-order valence-corrected chi connectivity index (χ3v) is 22.0. The number of carbonyl (C=O) groups excluding carboxylic acids is 4. The van der Waals surface area contributed by atoms with Crippen LogP contribution >= 0.6 is 15.6 Å². The number of hydrogen-bond donors (Lipinski definition) is 3. The summed E-state index contributed by atoms with van der Waals surface area (Å²) in [5.74, 6) is -0.442. The predicted molar refractivity (Wildman–Crippen MR) is 423 cm³/mol. The van der Waals surface area contributed by atoms with Gasteiger partial charge in [0, 0.05) is 25.7 Å². The van der Waals surface area contributed by atoms with E-state index >= 15 is 0 Å². The molecule has 6 atom stereocenters. The van der Waals surface area contributed by atoms with E-state index in [-0.39, 0.29) is 25.7 Å². The molecule has 3 unspecified atom stereocenters. The Morgan fingerprint density at radius 2 is 0.495 bits per heavy atom. The largest absolute Gasteiger partial charge is 0.472 e. The molecule has 0 bridgehead atoms. The molecule has 19 heteroatoms. The molecule has 0 aromatic rings. The first-order chi connectivity index (χ1) is 49.9. The van der Waals surface area contributed by atoms with E-state index in [0.29, 0.717) is 25.7 Å². The summed E-state index contributed by atoms with van der Waals surface area (Å²) in [5.41, 5.74) is 0. The van der Waals surface area contributed by atoms with Gasteiger partial charge in [-0.2, -0.15) is 0 Å². The highest BCUT2D eigenvalue weighted by atomic mass is 31.2. The molecule has 0 aromatic carbocycles. The summed E-state index contributed by atoms with van der Waals surface area (Å²) < 4.78 is 68.9. The Balaban J connectivity index is 5.26. The Morgan fingerprint density at radius 1 is 0.282 bits per heavy atom. The molecule has 0 aliphatic heterocycles. The highest BCUT2D eigenvalue weighted by molar-refractivity contribution is 7.47. The molecule has 612 valence electrons. The van der Waals surface area contributed by atoms with Crippen molar-refractivity contribution in [2.75, 3.05) is 39.6 Å². The van der Waals surface area contributed by atoms with Crippen molar-refractivity contribution in [3.8, 4) is 0 Å². The molecule has 0 aliphatic carbocycles. The molecule has 0 fully saturated rings. The summed E-state index contributed by atoms with van der Waals surface area (Å²) in [4.78, 5) is 73.2. The zero-order valence-electron chi connectivity index (χ0n) is 67.6. The molecule has 0 saturated carbocycles. The van der Waals surface area contributed by atoms with E-state index in [1.807, 2.05) is 0 Å². The van der Waals surface area contributed by atoms with Crippen LogP contribution in [-0.4, -0.2) is 96.7 Å². The average Bonchev–Trinajstić information content (AvgIpc) is 0.916. The van der Waals surface area contributed by atoms with Crippen LogP contribution < -0.4 is 0 Å². The van der Waals surface area contributed by atoms with Gasteiger partial charge in [0.2, 0.25) is 0 Å². The molecular weight excluding hydrogens is 1340 g/mol. The third kappa shape index (κ3) is 76.6. The van der Waals surface area contributed by atoms with Gasteiger partial charge in [-0.05, 0) is 37.5 Å². The summed E-state index contributed by atoms with van der Waals surface area (Å²) in [6.45, 7) is 9.75. The zero-order valence-corrected chi connectivity index (χ0v) is 69.4. The highest BCUT2D eigenvalue weighted by Gasteiger charge is 2.30. The fourth-order valence-electron chi connectivity index (χ4n) is 13.0. The van der Waals surface area contributed by atoms with Crippen LogP contribution in [0.15, 0.2) is 0 Å². The fourth-order valence-corrected chi connectivity index (χ4v) is 14.6. The molecule has 3 N–H and O–H groups in total. The van der Waals surface area contributed by atoms with Crippen molar-refractivity contribution in [1.82, 2.24) is 0 Å². The number of carbonyl (C=O) groups is 4. The Labute approximate surface area is 632 Å². The molecule has 0 spiro atoms. The molecule has 0 saturated heterocycles. The van der Waals surface area contributed by atoms with Crippen molar-refractivity contribution in [3.63, 3.8) is 0 Å². The molecule has 0 aromatic heterocycles. The number of unbranched alkanes of at least 4 members (excludes halogenated alkanes) is 52. The van der Waals surface area contributed by atoms with Crippen LogP contribution in [0.3, 0.4) is 0 Å². The van der Waals surface area contributed by atoms with E-state index < -0.39 is 97.5 Å². The number of phosphoric acid groups is 2. The van der Waals surface area contributed by atoms with Crippen LogP contribution in [0.2, 0.25) is 0 Å². The Kier molecular flexibility index (Phi) is 74.1. The number of rotatable bonds is 83. The first-order valence-electron chi connectivity index (χ1n) is 43.5. The third-order valence-electron chi connectivity index (χ3n) is 20.1. The summed E-state index contributed by atoms with van der Waals surface area (Å²) in [6, 6.07) is 0. The fraction of sp³-hybridized carbons (Fsp3) is 0.952. The summed E-state index contributed by atoms with van der Waals surface area (Å²) in [6.07, 6.45) is 66.4. The van der Waals surface area contributed by atoms with Crippen LogP contribution in [0.25, 0.3) is 0 Å². The Hall–Kier alpha value is -1.94. The minimum Gasteiger partial charge on any atom is -0.462 e. The highest BCUT2D eigenvalue weighted by Crippen LogP contribution is 2.45. The number of hydrogen-bond acceptors (Lipinski definition) is 15. The summed E-state index contributed by atoms with van der Waals surface area (Å²) >= 11 is 0. The number of ether oxygens (including phenoxy) is 4. The van der Waals surface area contributed by atoms with Crippen molar-refractivity contribution in [2.45, 2.75) is 464 Å². The summed E-state index contributed by atoms with van der Waals surface area (Å²) in [7, 11) is -9.92. The second-order valence-electron chi connectivity index (χ2n) is 30.9. The maximum Gasteiger partial charge on any atom is 0.472 e. The quantitative estimate of drug-likeness (QED) is 0.0222. The molecule has 0 radical (unpaired) electrons. The molecular formula is C84H164O17P2. The van der Waals surface area contributed by atoms with Crippen LogP contribution in [0.4, 0.5) is 0 Å². The van der Waals surface area contributed by atoms with E-state index in [0.717, 1.165) is 102 Å². The molecule has 0 rings (SSSR count). The lowest BCUT2D eigenvalue weighted by atomic mass is 9.99. The SMILES string of the molecule is CCCCCCCCCCCCCCCC(=O)OC[C@H](COP(=O)(O)OC[C@H](O)COP(=O)(O)OC[C@@H](COC(=O)CCCCCCCCCCCCCCCCC(C)CC)OC(=O)CCCCCCCCCCCCCCCCCCC(C)C)OC(=O)CCCCCCCCCCCCCCC. The van der Waals surface area contributed by atoms with Crippen molar-refractivity contribution in [2.24, 2.45) is 11.8 Å². The molecule has 17 nitrogen and oxygen atoms in total. The second kappa shape index (κ2) is 75.5. The maximum atomic E-state index is 13.1. The van der Waals surface area contributed by atoms with Crippen LogP contribution in [0.5, 0.6) is 0 Å². The van der Waals surface area contributed by atoms with Crippen LogP contribution in [-0.2, 0) is 65.4 Å². The van der Waals surface area contributed by atoms with Gasteiger partial charge in [-0.3, -0.25) is 37.3 Å². The number of aliphatic hydroxyl groups excluding tert-OH is 1. The maximum absolute atomic E-state index is 13.1. The first-order valence-corrected chi connectivity index (χ1v) is 46.5. The lowest BCUT2D eigenvalue weighted by Gasteiger charge is -2.21. The van der Waals surface area contributed by atoms with Crippen molar-refractivity contribution in [3.05, 3.63) is 0 Å². The average molecular weight is 1510 g/mol. The van der Waals surface area contributed by atoms with Crippen LogP contribution in [0.1, 0.15) is 446 Å². The number of aliphatic hydroxyl groups is 1. The monoisotopic (exact) mass is 1510 g/mol. The topological polar surface area (TPSA) is 237 Å². The minimum absolute atomic E-state index is 0.108. The predicted octanol–water partition coefficient (Wildman–Crippen LogP) is 25.5. The molecule has 0 aliphatic rings. The van der Waals surface area contributed by atoms with E-state index in [1.165, 1.54) is 263 Å². The minimum atomic E-state index is -4.96. The van der Waals surface area contributed by atoms with Gasteiger partial charge < -0.3 is 33.8 Å². The lowest BCUT2D eigenvalue weighted by molar-refractivity contribution is -0.161. The van der Waals surface area contributed by atoms with Gasteiger partial charge in [0.05, 0.1) is 26.4 Å². The van der Waals surface area contributed by atoms with Gasteiger partial charge >= 0.3 is 39.5 Å². The normalized spacial score (nSPS) is 14.1. The van der Waals surface area contributed by atoms with Crippen molar-refractivity contribution in [1.29, 1.82) is 0 Å². The molecule has 0 amide bonds. The molecule has 103 heavy (non-hydrogen) atoms. The number of esters is 4. The Bertz CT molecular complexity index is 1980. The molecule has 0 heterocycles. The van der Waals surface area contributed by atoms with Gasteiger partial charge in [-0.25, -0.2) is 9.13 Å². The number of phosphoric ester groups is 2. The smallest absolute Gasteiger partial charge is 0.462 e. The van der Waals surface area contributed by atoms with Gasteiger partial charge in [-0.1, -0.05) is 395 Å². The first kappa shape index (κ1) is 101. The standard InChI is InChI=1S/C84H164O17P2/c1-7-10-12-14-16-18-20-28-36-42-48-54-60-66-81(86)94-72-79(100-83(88)68-62-56-50-44-38-29-21-19-17-15-13-11-8-2)74-98-102(90,91)96-70-78(85)71-97-103(92,93)99-75-80(73-95-82(87)67-61-55-49-43-37-32-27-26-31-35-41-47-53-59-65-77(6)9-3)101-84(89)69-63-57-51-45-39-33-25-23-22-24-30-34-40-46-52-58-64-76(4)5/h76-80,85H,7-75H2,1-6H3,(H,90,91)(H,92,93)/t77?,78-,79+,80+/m0/s1. The second-order valence-corrected chi connectivity index (χ2v) is 33.8. The summed E-state index contributed by atoms with van der Waals surface area (Å²) in [5, 5.41) is 10.7. The van der Waals surface area contributed by atoms with E-state index in [1.54, 1.807) is 0 Å². The lowest BCUT2D eigenvalue weighted by Crippen LogP contribution is -2.30. The van der Waals surface area contributed by atoms with E-state index in [2.05, 4.69) is 41.5 Å². The van der Waals surface area contributed by atoms with E-state index in [9.17, 15) is 43.2 Å². The Morgan fingerprint density at radius 3 is 0.738 bits per heavy atom.